The lowest BCUT2D eigenvalue weighted by molar-refractivity contribution is 0.551. The molecule has 1 aliphatic heterocycles. The average molecular weight is 356 g/mol. The summed E-state index contributed by atoms with van der Waals surface area (Å²) >= 11 is 0. The number of hydrogen-bond acceptors (Lipinski definition) is 5. The largest absolute Gasteiger partial charge is 0.383 e. The quantitative estimate of drug-likeness (QED) is 0.576. The van der Waals surface area contributed by atoms with Crippen molar-refractivity contribution in [2.45, 2.75) is 19.5 Å². The molecule has 6 nitrogen and oxygen atoms in total. The van der Waals surface area contributed by atoms with E-state index in [9.17, 15) is 0 Å². The first kappa shape index (κ1) is 16.0. The van der Waals surface area contributed by atoms with Crippen LogP contribution in [-0.4, -0.2) is 32.6 Å². The first-order valence-electron chi connectivity index (χ1n) is 9.01. The molecule has 1 unspecified atom stereocenters. The molecular weight excluding hydrogens is 336 g/mol. The normalized spacial score (nSPS) is 16.5. The van der Waals surface area contributed by atoms with Crippen LogP contribution < -0.4 is 11.1 Å². The molecule has 0 amide bonds. The van der Waals surface area contributed by atoms with Gasteiger partial charge in [-0.25, -0.2) is 9.97 Å². The predicted molar refractivity (Wildman–Crippen MR) is 109 cm³/mol. The van der Waals surface area contributed by atoms with Gasteiger partial charge >= 0.3 is 0 Å². The molecule has 0 radical (unpaired) electrons. The van der Waals surface area contributed by atoms with Gasteiger partial charge in [-0.2, -0.15) is 0 Å². The highest BCUT2D eigenvalue weighted by atomic mass is 15.1. The van der Waals surface area contributed by atoms with Crippen molar-refractivity contribution in [1.29, 1.82) is 0 Å². The summed E-state index contributed by atoms with van der Waals surface area (Å²) in [4.78, 5) is 13.5. The standard InChI is InChI=1S/C21H20N6/c1-12-7-15(23-2)10-27-19(12)17(18-20(22)25-11-26-21(18)27)14-8-13-5-3-4-6-16(13)24-9-14/h3-9,11,15,23H,10H2,1-2H3,(H2,22,25,26). The minimum Gasteiger partial charge on any atom is -0.383 e. The van der Waals surface area contributed by atoms with E-state index in [1.165, 1.54) is 11.9 Å². The maximum Gasteiger partial charge on any atom is 0.146 e. The van der Waals surface area contributed by atoms with Crippen molar-refractivity contribution < 1.29 is 0 Å². The van der Waals surface area contributed by atoms with E-state index >= 15 is 0 Å². The van der Waals surface area contributed by atoms with E-state index in [1.54, 1.807) is 0 Å². The Morgan fingerprint density at radius 2 is 2.04 bits per heavy atom. The number of nitrogen functional groups attached to an aromatic ring is 1. The summed E-state index contributed by atoms with van der Waals surface area (Å²) < 4.78 is 2.24. The number of para-hydroxylation sites is 1. The zero-order valence-corrected chi connectivity index (χ0v) is 15.3. The fraction of sp³-hybridized carbons (Fsp3) is 0.190. The molecule has 0 bridgehead atoms. The van der Waals surface area contributed by atoms with Crippen LogP contribution in [0.25, 0.3) is 38.6 Å². The van der Waals surface area contributed by atoms with Gasteiger partial charge in [0, 0.05) is 35.3 Å². The molecule has 4 aromatic rings. The second-order valence-corrected chi connectivity index (χ2v) is 6.95. The van der Waals surface area contributed by atoms with Crippen LogP contribution in [0.5, 0.6) is 0 Å². The Balaban J connectivity index is 1.87. The summed E-state index contributed by atoms with van der Waals surface area (Å²) in [6, 6.07) is 10.6. The lowest BCUT2D eigenvalue weighted by Crippen LogP contribution is -2.31. The van der Waals surface area contributed by atoms with Crippen LogP contribution in [0, 0.1) is 0 Å². The van der Waals surface area contributed by atoms with E-state index < -0.39 is 0 Å². The van der Waals surface area contributed by atoms with Crippen molar-refractivity contribution >= 4 is 33.3 Å². The average Bonchev–Trinajstić information content (AvgIpc) is 3.04. The Labute approximate surface area is 156 Å². The summed E-state index contributed by atoms with van der Waals surface area (Å²) in [6.07, 6.45) is 5.72. The Kier molecular flexibility index (Phi) is 3.48. The number of nitrogens with one attached hydrogen (secondary N) is 1. The van der Waals surface area contributed by atoms with E-state index in [-0.39, 0.29) is 6.04 Å². The second kappa shape index (κ2) is 5.89. The third kappa shape index (κ3) is 2.34. The number of hydrogen-bond donors (Lipinski definition) is 2. The summed E-state index contributed by atoms with van der Waals surface area (Å²) in [5.74, 6) is 0.499. The van der Waals surface area contributed by atoms with Crippen molar-refractivity contribution in [3.05, 3.63) is 54.6 Å². The molecule has 5 rings (SSSR count). The molecule has 1 atom stereocenters. The van der Waals surface area contributed by atoms with Crippen molar-refractivity contribution in [2.75, 3.05) is 12.8 Å². The molecule has 1 aliphatic rings. The van der Waals surface area contributed by atoms with E-state index in [1.807, 2.05) is 31.4 Å². The fourth-order valence-corrected chi connectivity index (χ4v) is 4.07. The van der Waals surface area contributed by atoms with Crippen LogP contribution in [0.2, 0.25) is 0 Å². The highest BCUT2D eigenvalue weighted by Gasteiger charge is 2.27. The molecule has 3 aromatic heterocycles. The number of likely N-dealkylation sites (N-methyl/N-ethyl adjacent to an activating group) is 1. The van der Waals surface area contributed by atoms with Crippen LogP contribution >= 0.6 is 0 Å². The minimum absolute atomic E-state index is 0.256. The van der Waals surface area contributed by atoms with Gasteiger partial charge in [-0.05, 0) is 31.7 Å². The molecular formula is C21H20N6. The van der Waals surface area contributed by atoms with E-state index in [2.05, 4.69) is 50.0 Å². The number of pyridine rings is 1. The van der Waals surface area contributed by atoms with Crippen LogP contribution in [-0.2, 0) is 6.54 Å². The van der Waals surface area contributed by atoms with Crippen molar-refractivity contribution in [2.24, 2.45) is 0 Å². The highest BCUT2D eigenvalue weighted by Crippen LogP contribution is 2.41. The van der Waals surface area contributed by atoms with Crippen LogP contribution in [0.3, 0.4) is 0 Å². The lowest BCUT2D eigenvalue weighted by atomic mass is 9.97. The number of fused-ring (bicyclic) bond motifs is 4. The lowest BCUT2D eigenvalue weighted by Gasteiger charge is -2.23. The molecule has 27 heavy (non-hydrogen) atoms. The summed E-state index contributed by atoms with van der Waals surface area (Å²) in [5, 5.41) is 5.34. The van der Waals surface area contributed by atoms with Gasteiger partial charge in [0.2, 0.25) is 0 Å². The molecule has 0 fully saturated rings. The molecule has 1 aromatic carbocycles. The number of allylic oxidation sites excluding steroid dienone is 1. The Hall–Kier alpha value is -3.25. The van der Waals surface area contributed by atoms with E-state index in [4.69, 9.17) is 5.73 Å². The minimum atomic E-state index is 0.256. The Morgan fingerprint density at radius 1 is 1.19 bits per heavy atom. The molecule has 6 heteroatoms. The third-order valence-electron chi connectivity index (χ3n) is 5.32. The van der Waals surface area contributed by atoms with Gasteiger partial charge in [-0.15, -0.1) is 0 Å². The molecule has 0 spiro atoms. The maximum atomic E-state index is 6.31. The summed E-state index contributed by atoms with van der Waals surface area (Å²) in [7, 11) is 1.97. The van der Waals surface area contributed by atoms with Gasteiger partial charge in [0.1, 0.15) is 17.8 Å². The van der Waals surface area contributed by atoms with Crippen molar-refractivity contribution in [1.82, 2.24) is 24.8 Å². The fourth-order valence-electron chi connectivity index (χ4n) is 4.07. The summed E-state index contributed by atoms with van der Waals surface area (Å²) in [6.45, 7) is 2.94. The predicted octanol–water partition coefficient (Wildman–Crippen LogP) is 3.23. The van der Waals surface area contributed by atoms with Gasteiger partial charge in [0.25, 0.3) is 0 Å². The summed E-state index contributed by atoms with van der Waals surface area (Å²) in [5.41, 5.74) is 12.6. The Bertz CT molecular complexity index is 1220. The molecule has 0 aliphatic carbocycles. The van der Waals surface area contributed by atoms with Crippen molar-refractivity contribution in [3.8, 4) is 11.1 Å². The second-order valence-electron chi connectivity index (χ2n) is 6.95. The zero-order chi connectivity index (χ0) is 18.5. The number of nitrogens with two attached hydrogens (primary N) is 1. The van der Waals surface area contributed by atoms with Crippen LogP contribution in [0.1, 0.15) is 12.6 Å². The van der Waals surface area contributed by atoms with Gasteiger partial charge in [-0.1, -0.05) is 24.3 Å². The maximum absolute atomic E-state index is 6.31. The third-order valence-corrected chi connectivity index (χ3v) is 5.32. The first-order chi connectivity index (χ1) is 13.2. The monoisotopic (exact) mass is 356 g/mol. The van der Waals surface area contributed by atoms with Crippen LogP contribution in [0.4, 0.5) is 5.82 Å². The smallest absolute Gasteiger partial charge is 0.146 e. The molecule has 3 N–H and O–H groups in total. The zero-order valence-electron chi connectivity index (χ0n) is 15.3. The SMILES string of the molecule is CNC1C=C(C)c2c(-c3cnc4ccccc4c3)c3c(N)ncnc3n2C1. The highest BCUT2D eigenvalue weighted by molar-refractivity contribution is 6.06. The molecule has 0 saturated heterocycles. The number of nitrogens with zero attached hydrogens (tertiary/aromatic N) is 4. The molecule has 134 valence electrons. The van der Waals surface area contributed by atoms with Crippen LogP contribution in [0.15, 0.2) is 48.9 Å². The molecule has 0 saturated carbocycles. The van der Waals surface area contributed by atoms with Gasteiger partial charge in [-0.3, -0.25) is 4.98 Å². The van der Waals surface area contributed by atoms with Gasteiger partial charge in [0.15, 0.2) is 0 Å². The topological polar surface area (TPSA) is 81.7 Å². The van der Waals surface area contributed by atoms with Crippen molar-refractivity contribution in [3.63, 3.8) is 0 Å². The van der Waals surface area contributed by atoms with Gasteiger partial charge in [0.05, 0.1) is 16.6 Å². The van der Waals surface area contributed by atoms with Gasteiger partial charge < -0.3 is 15.6 Å². The number of benzene rings is 1. The molecule has 4 heterocycles. The Morgan fingerprint density at radius 3 is 2.89 bits per heavy atom. The number of rotatable bonds is 2. The van der Waals surface area contributed by atoms with E-state index in [0.29, 0.717) is 5.82 Å². The number of anilines is 1. The number of aromatic nitrogens is 4. The van der Waals surface area contributed by atoms with E-state index in [0.717, 1.165) is 45.3 Å². The first-order valence-corrected chi connectivity index (χ1v) is 9.01.